The van der Waals surface area contributed by atoms with Crippen molar-refractivity contribution in [2.24, 2.45) is 5.92 Å². The molecule has 2 saturated carbocycles. The van der Waals surface area contributed by atoms with Crippen molar-refractivity contribution in [2.45, 2.75) is 69.8 Å². The molecule has 0 bridgehead atoms. The third kappa shape index (κ3) is 8.09. The van der Waals surface area contributed by atoms with Crippen LogP contribution < -0.4 is 9.47 Å². The van der Waals surface area contributed by atoms with Gasteiger partial charge < -0.3 is 14.2 Å². The van der Waals surface area contributed by atoms with E-state index in [1.165, 1.54) is 6.42 Å². The number of hydrogen-bond acceptors (Lipinski definition) is 6. The molecular formula is C23H27F3O7S. The number of carbonyl (C=O) groups excluding carboxylic acids is 1. The van der Waals surface area contributed by atoms with Crippen LogP contribution in [0.25, 0.3) is 0 Å². The van der Waals surface area contributed by atoms with Gasteiger partial charge in [0.2, 0.25) is 0 Å². The molecule has 0 heterocycles. The number of alkyl halides is 3. The first-order valence-electron chi connectivity index (χ1n) is 11.2. The summed E-state index contributed by atoms with van der Waals surface area (Å²) < 4.78 is 84.2. The molecule has 0 unspecified atom stereocenters. The van der Waals surface area contributed by atoms with E-state index in [2.05, 4.69) is 16.6 Å². The Balaban J connectivity index is 1.85. The molecule has 1 aromatic carbocycles. The van der Waals surface area contributed by atoms with E-state index < -0.39 is 46.2 Å². The molecule has 0 saturated heterocycles. The predicted molar refractivity (Wildman–Crippen MR) is 116 cm³/mol. The summed E-state index contributed by atoms with van der Waals surface area (Å²) in [6.45, 7) is -0.620. The molecule has 7 nitrogen and oxygen atoms in total. The third-order valence-corrected chi connectivity index (χ3v) is 6.49. The van der Waals surface area contributed by atoms with Crippen LogP contribution in [0.2, 0.25) is 0 Å². The Morgan fingerprint density at radius 2 is 1.76 bits per heavy atom. The van der Waals surface area contributed by atoms with Crippen LogP contribution in [0.3, 0.4) is 0 Å². The lowest BCUT2D eigenvalue weighted by atomic mass is 9.89. The first-order chi connectivity index (χ1) is 15.9. The van der Waals surface area contributed by atoms with Gasteiger partial charge in [-0.15, -0.1) is 13.2 Å². The first kappa shape index (κ1) is 26.2. The summed E-state index contributed by atoms with van der Waals surface area (Å²) in [6.07, 6.45) is 3.00. The quantitative estimate of drug-likeness (QED) is 0.320. The maximum atomic E-state index is 13.0. The minimum atomic E-state index is -4.98. The zero-order valence-electron chi connectivity index (χ0n) is 18.5. The molecule has 2 aliphatic carbocycles. The van der Waals surface area contributed by atoms with Gasteiger partial charge in [0.05, 0.1) is 5.56 Å². The Morgan fingerprint density at radius 3 is 2.38 bits per heavy atom. The maximum absolute atomic E-state index is 13.0. The summed E-state index contributed by atoms with van der Waals surface area (Å²) in [5.74, 6) is 3.96. The highest BCUT2D eigenvalue weighted by Gasteiger charge is 2.38. The number of benzene rings is 1. The molecule has 2 aliphatic rings. The second kappa shape index (κ2) is 10.9. The Hall–Kier alpha value is -2.45. The van der Waals surface area contributed by atoms with Crippen molar-refractivity contribution in [2.75, 3.05) is 12.4 Å². The average Bonchev–Trinajstić information content (AvgIpc) is 3.21. The summed E-state index contributed by atoms with van der Waals surface area (Å²) in [7, 11) is -4.34. The molecule has 0 atom stereocenters. The monoisotopic (exact) mass is 504 g/mol. The van der Waals surface area contributed by atoms with Gasteiger partial charge >= 0.3 is 12.3 Å². The van der Waals surface area contributed by atoms with Gasteiger partial charge in [-0.2, -0.15) is 8.42 Å². The Bertz CT molecular complexity index is 1030. The van der Waals surface area contributed by atoms with Gasteiger partial charge in [0, 0.05) is 5.92 Å². The molecule has 0 aliphatic heterocycles. The van der Waals surface area contributed by atoms with E-state index in [-0.39, 0.29) is 17.2 Å². The van der Waals surface area contributed by atoms with E-state index in [1.54, 1.807) is 0 Å². The van der Waals surface area contributed by atoms with Gasteiger partial charge in [-0.1, -0.05) is 31.1 Å². The van der Waals surface area contributed by atoms with Gasteiger partial charge in [0.25, 0.3) is 10.1 Å². The lowest BCUT2D eigenvalue weighted by Gasteiger charge is -2.27. The van der Waals surface area contributed by atoms with Crippen LogP contribution in [0, 0.1) is 17.8 Å². The molecule has 188 valence electrons. The van der Waals surface area contributed by atoms with Crippen molar-refractivity contribution >= 4 is 16.1 Å². The van der Waals surface area contributed by atoms with E-state index in [0.717, 1.165) is 56.7 Å². The van der Waals surface area contributed by atoms with Crippen LogP contribution in [-0.2, 0) is 14.9 Å². The summed E-state index contributed by atoms with van der Waals surface area (Å²) in [4.78, 5) is 12.3. The number of hydrogen-bond donors (Lipinski definition) is 1. The summed E-state index contributed by atoms with van der Waals surface area (Å²) >= 11 is 0. The third-order valence-electron chi connectivity index (χ3n) is 5.81. The summed E-state index contributed by atoms with van der Waals surface area (Å²) in [5.41, 5.74) is -1.15. The molecule has 1 N–H and O–H groups in total. The lowest BCUT2D eigenvalue weighted by Crippen LogP contribution is -2.31. The molecule has 2 fully saturated rings. The second-order valence-corrected chi connectivity index (χ2v) is 10.1. The van der Waals surface area contributed by atoms with Crippen molar-refractivity contribution < 1.29 is 45.1 Å². The van der Waals surface area contributed by atoms with E-state index in [1.807, 2.05) is 0 Å². The topological polar surface area (TPSA) is 99.1 Å². The van der Waals surface area contributed by atoms with Crippen molar-refractivity contribution in [3.05, 3.63) is 23.8 Å². The van der Waals surface area contributed by atoms with Crippen molar-refractivity contribution in [1.82, 2.24) is 0 Å². The molecule has 11 heteroatoms. The zero-order valence-corrected chi connectivity index (χ0v) is 19.3. The van der Waals surface area contributed by atoms with E-state index in [0.29, 0.717) is 12.8 Å². The molecule has 0 radical (unpaired) electrons. The molecule has 0 spiro atoms. The van der Waals surface area contributed by atoms with Gasteiger partial charge in [-0.25, -0.2) is 4.79 Å². The van der Waals surface area contributed by atoms with E-state index in [4.69, 9.17) is 14.0 Å². The van der Waals surface area contributed by atoms with E-state index in [9.17, 15) is 26.4 Å². The minimum absolute atomic E-state index is 0.159. The van der Waals surface area contributed by atoms with Crippen LogP contribution in [0.1, 0.15) is 68.1 Å². The number of esters is 1. The highest BCUT2D eigenvalue weighted by Crippen LogP contribution is 2.40. The number of halogens is 3. The van der Waals surface area contributed by atoms with Crippen molar-refractivity contribution in [3.63, 3.8) is 0 Å². The zero-order chi connectivity index (χ0) is 24.8. The van der Waals surface area contributed by atoms with Crippen LogP contribution in [0.4, 0.5) is 13.2 Å². The van der Waals surface area contributed by atoms with Crippen molar-refractivity contribution in [1.29, 1.82) is 0 Å². The number of carbonyl (C=O) groups is 1. The summed E-state index contributed by atoms with van der Waals surface area (Å²) in [5, 5.41) is 0. The molecule has 0 amide bonds. The maximum Gasteiger partial charge on any atom is 0.573 e. The molecular weight excluding hydrogens is 477 g/mol. The normalized spacial score (nSPS) is 18.6. The SMILES string of the molecule is O=C(OCCS(=O)(=O)O)c1ccc(OC(F)(F)F)c(OC2(C#CC3CCCCC3)CCCC2)c1. The molecule has 1 aromatic rings. The van der Waals surface area contributed by atoms with Crippen LogP contribution in [-0.4, -0.2) is 43.3 Å². The largest absolute Gasteiger partial charge is 0.573 e. The second-order valence-electron chi connectivity index (χ2n) is 8.54. The highest BCUT2D eigenvalue weighted by atomic mass is 32.2. The molecule has 3 rings (SSSR count). The summed E-state index contributed by atoms with van der Waals surface area (Å²) in [6, 6.07) is 3.07. The van der Waals surface area contributed by atoms with Gasteiger partial charge in [-0.3, -0.25) is 4.55 Å². The molecule has 34 heavy (non-hydrogen) atoms. The Labute approximate surface area is 196 Å². The standard InChI is InChI=1S/C23H27F3O7S/c24-23(25,26)33-19-9-8-18(21(27)31-14-15-34(28,29)30)16-20(19)32-22(11-4-5-12-22)13-10-17-6-2-1-3-7-17/h8-9,16-17H,1-7,11-12,14-15H2,(H,28,29,30). The fraction of sp³-hybridized carbons (Fsp3) is 0.609. The minimum Gasteiger partial charge on any atom is -0.471 e. The molecule has 0 aromatic heterocycles. The lowest BCUT2D eigenvalue weighted by molar-refractivity contribution is -0.275. The predicted octanol–water partition coefficient (Wildman–Crippen LogP) is 4.91. The number of rotatable bonds is 7. The van der Waals surface area contributed by atoms with Crippen LogP contribution >= 0.6 is 0 Å². The van der Waals surface area contributed by atoms with Gasteiger partial charge in [0.15, 0.2) is 17.1 Å². The smallest absolute Gasteiger partial charge is 0.471 e. The first-order valence-corrected chi connectivity index (χ1v) is 12.8. The average molecular weight is 505 g/mol. The van der Waals surface area contributed by atoms with E-state index >= 15 is 0 Å². The Morgan fingerprint density at radius 1 is 1.09 bits per heavy atom. The van der Waals surface area contributed by atoms with Crippen molar-refractivity contribution in [3.8, 4) is 23.3 Å². The van der Waals surface area contributed by atoms with Crippen LogP contribution in [0.5, 0.6) is 11.5 Å². The van der Waals surface area contributed by atoms with Gasteiger partial charge in [0.1, 0.15) is 12.4 Å². The fourth-order valence-electron chi connectivity index (χ4n) is 4.14. The number of ether oxygens (including phenoxy) is 3. The van der Waals surface area contributed by atoms with Crippen LogP contribution in [0.15, 0.2) is 18.2 Å². The highest BCUT2D eigenvalue weighted by molar-refractivity contribution is 7.85. The fourth-order valence-corrected chi connectivity index (χ4v) is 4.43. The van der Waals surface area contributed by atoms with Gasteiger partial charge in [-0.05, 0) is 56.7 Å². The Kier molecular flexibility index (Phi) is 8.36.